The Morgan fingerprint density at radius 2 is 2.08 bits per heavy atom. The second-order valence-corrected chi connectivity index (χ2v) is 8.04. The van der Waals surface area contributed by atoms with Gasteiger partial charge in [0.1, 0.15) is 5.54 Å². The van der Waals surface area contributed by atoms with Gasteiger partial charge in [0, 0.05) is 4.88 Å². The van der Waals surface area contributed by atoms with Gasteiger partial charge in [0.15, 0.2) is 0 Å². The molecule has 2 N–H and O–H groups in total. The number of hydrogen-bond donors (Lipinski definition) is 2. The van der Waals surface area contributed by atoms with E-state index in [4.69, 9.17) is 0 Å². The Morgan fingerprint density at radius 3 is 2.62 bits per heavy atom. The average Bonchev–Trinajstić information content (AvgIpc) is 3.39. The summed E-state index contributed by atoms with van der Waals surface area (Å²) in [5, 5.41) is 17.7. The fourth-order valence-corrected chi connectivity index (χ4v) is 4.02. The lowest BCUT2D eigenvalue weighted by molar-refractivity contribution is -0.121. The van der Waals surface area contributed by atoms with Crippen molar-refractivity contribution in [3.05, 3.63) is 57.8 Å². The topological polar surface area (TPSA) is 64.9 Å². The summed E-state index contributed by atoms with van der Waals surface area (Å²) in [5.74, 6) is 0.152. The van der Waals surface area contributed by atoms with Crippen LogP contribution in [-0.2, 0) is 11.2 Å². The Morgan fingerprint density at radius 1 is 1.35 bits per heavy atom. The van der Waals surface area contributed by atoms with Gasteiger partial charge in [0.05, 0.1) is 18.7 Å². The number of hydrogen-bond acceptors (Lipinski definition) is 4. The summed E-state index contributed by atoms with van der Waals surface area (Å²) in [5.41, 5.74) is 1.69. The van der Waals surface area contributed by atoms with Crippen molar-refractivity contribution in [2.45, 2.75) is 44.7 Å². The van der Waals surface area contributed by atoms with Gasteiger partial charge in [-0.05, 0) is 54.7 Å². The molecule has 0 bridgehead atoms. The fraction of sp³-hybridized carbons (Fsp3) is 0.429. The van der Waals surface area contributed by atoms with E-state index >= 15 is 0 Å². The van der Waals surface area contributed by atoms with Crippen molar-refractivity contribution in [3.8, 4) is 6.07 Å². The molecule has 0 aliphatic heterocycles. The van der Waals surface area contributed by atoms with Crippen LogP contribution in [0.1, 0.15) is 48.7 Å². The summed E-state index contributed by atoms with van der Waals surface area (Å²) in [4.78, 5) is 13.6. The number of rotatable bonds is 8. The van der Waals surface area contributed by atoms with Crippen LogP contribution in [0.4, 0.5) is 0 Å². The third-order valence-electron chi connectivity index (χ3n) is 5.04. The summed E-state index contributed by atoms with van der Waals surface area (Å²) in [7, 11) is 0. The Labute approximate surface area is 159 Å². The SMILES string of the molecule is CCc1ccc([C@@H](NCC(=O)N[C@](C)(C#N)C2CC2)c2cccs2)cc1. The van der Waals surface area contributed by atoms with Crippen LogP contribution in [0.2, 0.25) is 0 Å². The van der Waals surface area contributed by atoms with Crippen LogP contribution in [0.15, 0.2) is 41.8 Å². The number of carbonyl (C=O) groups is 1. The van der Waals surface area contributed by atoms with Crippen LogP contribution in [0.3, 0.4) is 0 Å². The lowest BCUT2D eigenvalue weighted by Crippen LogP contribution is -2.49. The highest BCUT2D eigenvalue weighted by Gasteiger charge is 2.42. The molecule has 0 saturated heterocycles. The minimum atomic E-state index is -0.750. The molecule has 2 atom stereocenters. The Hall–Kier alpha value is -2.16. The van der Waals surface area contributed by atoms with E-state index in [1.165, 1.54) is 10.4 Å². The predicted octanol–water partition coefficient (Wildman–Crippen LogP) is 3.80. The largest absolute Gasteiger partial charge is 0.337 e. The smallest absolute Gasteiger partial charge is 0.235 e. The number of nitriles is 1. The fourth-order valence-electron chi connectivity index (χ4n) is 3.19. The number of aryl methyl sites for hydroxylation is 1. The third kappa shape index (κ3) is 4.32. The molecule has 136 valence electrons. The van der Waals surface area contributed by atoms with Crippen LogP contribution < -0.4 is 10.6 Å². The molecule has 1 aromatic carbocycles. The molecule has 1 aromatic heterocycles. The highest BCUT2D eigenvalue weighted by atomic mass is 32.1. The first-order valence-electron chi connectivity index (χ1n) is 9.13. The van der Waals surface area contributed by atoms with Crippen molar-refractivity contribution in [2.24, 2.45) is 5.92 Å². The molecule has 3 rings (SSSR count). The van der Waals surface area contributed by atoms with Gasteiger partial charge in [-0.1, -0.05) is 37.3 Å². The van der Waals surface area contributed by atoms with Gasteiger partial charge in [-0.2, -0.15) is 5.26 Å². The van der Waals surface area contributed by atoms with Crippen LogP contribution >= 0.6 is 11.3 Å². The van der Waals surface area contributed by atoms with Crippen molar-refractivity contribution in [1.29, 1.82) is 5.26 Å². The molecule has 1 fully saturated rings. The van der Waals surface area contributed by atoms with E-state index in [1.54, 1.807) is 11.3 Å². The number of benzene rings is 1. The van der Waals surface area contributed by atoms with Gasteiger partial charge in [-0.15, -0.1) is 11.3 Å². The third-order valence-corrected chi connectivity index (χ3v) is 5.98. The summed E-state index contributed by atoms with van der Waals surface area (Å²) >= 11 is 1.67. The lowest BCUT2D eigenvalue weighted by atomic mass is 9.98. The minimum absolute atomic E-state index is 0.0269. The van der Waals surface area contributed by atoms with Gasteiger partial charge < -0.3 is 5.32 Å². The first kappa shape index (κ1) is 18.6. The van der Waals surface area contributed by atoms with Crippen molar-refractivity contribution in [3.63, 3.8) is 0 Å². The molecule has 2 aromatic rings. The highest BCUT2D eigenvalue weighted by molar-refractivity contribution is 7.10. The maximum atomic E-state index is 12.4. The number of nitrogens with one attached hydrogen (secondary N) is 2. The summed E-state index contributed by atoms with van der Waals surface area (Å²) in [6.45, 7) is 4.14. The van der Waals surface area contributed by atoms with Crippen LogP contribution in [0, 0.1) is 17.2 Å². The molecular weight excluding hydrogens is 342 g/mol. The monoisotopic (exact) mass is 367 g/mol. The van der Waals surface area contributed by atoms with Crippen LogP contribution in [0.25, 0.3) is 0 Å². The average molecular weight is 368 g/mol. The number of thiophene rings is 1. The molecule has 1 amide bonds. The normalized spacial score (nSPS) is 17.1. The molecule has 1 saturated carbocycles. The molecule has 26 heavy (non-hydrogen) atoms. The first-order chi connectivity index (χ1) is 12.6. The molecule has 1 aliphatic carbocycles. The minimum Gasteiger partial charge on any atom is -0.337 e. The Kier molecular flexibility index (Phi) is 5.75. The first-order valence-corrected chi connectivity index (χ1v) is 10.0. The molecule has 0 spiro atoms. The maximum Gasteiger partial charge on any atom is 0.235 e. The summed E-state index contributed by atoms with van der Waals surface area (Å²) < 4.78 is 0. The molecule has 0 unspecified atom stereocenters. The van der Waals surface area contributed by atoms with E-state index in [2.05, 4.69) is 54.0 Å². The van der Waals surface area contributed by atoms with E-state index < -0.39 is 5.54 Å². The van der Waals surface area contributed by atoms with E-state index in [1.807, 2.05) is 18.4 Å². The number of nitrogens with zero attached hydrogens (tertiary/aromatic N) is 1. The summed E-state index contributed by atoms with van der Waals surface area (Å²) in [6, 6.07) is 14.9. The Balaban J connectivity index is 1.68. The summed E-state index contributed by atoms with van der Waals surface area (Å²) in [6.07, 6.45) is 3.03. The van der Waals surface area contributed by atoms with E-state index in [-0.39, 0.29) is 24.4 Å². The quantitative estimate of drug-likeness (QED) is 0.746. The number of carbonyl (C=O) groups excluding carboxylic acids is 1. The molecule has 4 nitrogen and oxygen atoms in total. The van der Waals surface area contributed by atoms with Crippen molar-refractivity contribution >= 4 is 17.2 Å². The van der Waals surface area contributed by atoms with E-state index in [9.17, 15) is 10.1 Å². The molecule has 0 radical (unpaired) electrons. The van der Waals surface area contributed by atoms with Crippen LogP contribution in [-0.4, -0.2) is 18.0 Å². The van der Waals surface area contributed by atoms with E-state index in [0.29, 0.717) is 0 Å². The van der Waals surface area contributed by atoms with Crippen molar-refractivity contribution in [1.82, 2.24) is 10.6 Å². The van der Waals surface area contributed by atoms with Crippen molar-refractivity contribution in [2.75, 3.05) is 6.54 Å². The van der Waals surface area contributed by atoms with Crippen molar-refractivity contribution < 1.29 is 4.79 Å². The zero-order valence-corrected chi connectivity index (χ0v) is 16.1. The van der Waals surface area contributed by atoms with E-state index in [0.717, 1.165) is 24.8 Å². The van der Waals surface area contributed by atoms with Gasteiger partial charge in [0.25, 0.3) is 0 Å². The number of amides is 1. The van der Waals surface area contributed by atoms with Gasteiger partial charge in [0.2, 0.25) is 5.91 Å². The highest BCUT2D eigenvalue weighted by Crippen LogP contribution is 2.39. The van der Waals surface area contributed by atoms with Gasteiger partial charge in [-0.25, -0.2) is 0 Å². The molecule has 5 heteroatoms. The second-order valence-electron chi connectivity index (χ2n) is 7.06. The molecular formula is C21H25N3OS. The standard InChI is InChI=1S/C21H25N3OS/c1-3-15-6-8-16(9-7-15)20(18-5-4-12-26-18)23-13-19(25)24-21(2,14-22)17-10-11-17/h4-9,12,17,20,23H,3,10-11,13H2,1-2H3,(H,24,25)/t20-,21-/m1/s1. The maximum absolute atomic E-state index is 12.4. The Bertz CT molecular complexity index is 775. The molecule has 1 aliphatic rings. The zero-order valence-electron chi connectivity index (χ0n) is 15.3. The zero-order chi connectivity index (χ0) is 18.6. The second kappa shape index (κ2) is 8.03. The van der Waals surface area contributed by atoms with Gasteiger partial charge >= 0.3 is 0 Å². The predicted molar refractivity (Wildman–Crippen MR) is 105 cm³/mol. The lowest BCUT2D eigenvalue weighted by Gasteiger charge is -2.24. The van der Waals surface area contributed by atoms with Gasteiger partial charge in [-0.3, -0.25) is 10.1 Å². The molecule has 1 heterocycles. The van der Waals surface area contributed by atoms with Crippen LogP contribution in [0.5, 0.6) is 0 Å².